The summed E-state index contributed by atoms with van der Waals surface area (Å²) < 4.78 is 0. The number of nitrogens with one attached hydrogen (secondary N) is 1. The number of nitrogens with zero attached hydrogens (tertiary/aromatic N) is 1. The van der Waals surface area contributed by atoms with E-state index in [9.17, 15) is 9.59 Å². The van der Waals surface area contributed by atoms with E-state index in [1.165, 1.54) is 24.2 Å². The van der Waals surface area contributed by atoms with Crippen LogP contribution in [0, 0.1) is 0 Å². The molecule has 0 unspecified atom stereocenters. The fourth-order valence-electron chi connectivity index (χ4n) is 2.70. The van der Waals surface area contributed by atoms with Crippen molar-refractivity contribution in [3.63, 3.8) is 0 Å². The minimum Gasteiger partial charge on any atom is -0.325 e. The highest BCUT2D eigenvalue weighted by Gasteiger charge is 2.24. The van der Waals surface area contributed by atoms with Crippen LogP contribution in [0.3, 0.4) is 0 Å². The lowest BCUT2D eigenvalue weighted by Gasteiger charge is -2.17. The molecule has 0 saturated heterocycles. The highest BCUT2D eigenvalue weighted by molar-refractivity contribution is 8.00. The first-order valence-corrected chi connectivity index (χ1v) is 8.51. The van der Waals surface area contributed by atoms with E-state index in [2.05, 4.69) is 11.4 Å². The molecule has 0 radical (unpaired) electrons. The number of rotatable bonds is 4. The van der Waals surface area contributed by atoms with E-state index < -0.39 is 0 Å². The van der Waals surface area contributed by atoms with Crippen LogP contribution in [0.15, 0.2) is 53.4 Å². The first-order chi connectivity index (χ1) is 11.1. The molecule has 2 aromatic carbocycles. The summed E-state index contributed by atoms with van der Waals surface area (Å²) in [7, 11) is 0. The summed E-state index contributed by atoms with van der Waals surface area (Å²) in [5.74, 6) is 0.334. The number of hydrogen-bond donors (Lipinski definition) is 1. The first-order valence-electron chi connectivity index (χ1n) is 7.53. The second-order valence-corrected chi connectivity index (χ2v) is 6.41. The molecule has 0 aromatic heterocycles. The van der Waals surface area contributed by atoms with Gasteiger partial charge in [-0.15, -0.1) is 11.8 Å². The maximum atomic E-state index is 12.5. The molecule has 23 heavy (non-hydrogen) atoms. The first kappa shape index (κ1) is 15.6. The maximum absolute atomic E-state index is 12.5. The van der Waals surface area contributed by atoms with Gasteiger partial charge >= 0.3 is 0 Å². The zero-order valence-corrected chi connectivity index (χ0v) is 13.7. The fourth-order valence-corrected chi connectivity index (χ4v) is 3.58. The SMILES string of the molecule is CC(=O)Nc1ccccc1SCC(=O)N1CCc2ccccc21. The van der Waals surface area contributed by atoms with Crippen molar-refractivity contribution in [3.05, 3.63) is 54.1 Å². The van der Waals surface area contributed by atoms with Crippen LogP contribution < -0.4 is 10.2 Å². The van der Waals surface area contributed by atoms with Gasteiger partial charge in [0.1, 0.15) is 0 Å². The number of benzene rings is 2. The molecule has 0 bridgehead atoms. The van der Waals surface area contributed by atoms with Gasteiger partial charge in [-0.2, -0.15) is 0 Å². The average Bonchev–Trinajstić information content (AvgIpc) is 2.97. The topological polar surface area (TPSA) is 49.4 Å². The molecule has 2 amide bonds. The van der Waals surface area contributed by atoms with Gasteiger partial charge in [-0.25, -0.2) is 0 Å². The molecule has 0 atom stereocenters. The van der Waals surface area contributed by atoms with Crippen molar-refractivity contribution < 1.29 is 9.59 Å². The molecule has 1 heterocycles. The van der Waals surface area contributed by atoms with Crippen molar-refractivity contribution in [2.24, 2.45) is 0 Å². The van der Waals surface area contributed by atoms with E-state index in [0.717, 1.165) is 29.2 Å². The minimum atomic E-state index is -0.113. The number of hydrogen-bond acceptors (Lipinski definition) is 3. The summed E-state index contributed by atoms with van der Waals surface area (Å²) in [6.45, 7) is 2.22. The zero-order valence-electron chi connectivity index (χ0n) is 12.9. The predicted octanol–water partition coefficient (Wildman–Crippen LogP) is 3.33. The van der Waals surface area contributed by atoms with Gasteiger partial charge in [0, 0.05) is 24.1 Å². The molecule has 1 aliphatic rings. The van der Waals surface area contributed by atoms with E-state index in [-0.39, 0.29) is 11.8 Å². The molecule has 3 rings (SSSR count). The van der Waals surface area contributed by atoms with Crippen LogP contribution in [0.5, 0.6) is 0 Å². The molecule has 1 N–H and O–H groups in total. The Kier molecular flexibility index (Phi) is 4.67. The van der Waals surface area contributed by atoms with Gasteiger partial charge in [0.05, 0.1) is 11.4 Å². The van der Waals surface area contributed by atoms with Gasteiger partial charge in [-0.3, -0.25) is 9.59 Å². The minimum absolute atomic E-state index is 0.0950. The average molecular weight is 326 g/mol. The van der Waals surface area contributed by atoms with Crippen LogP contribution in [-0.4, -0.2) is 24.1 Å². The Morgan fingerprint density at radius 2 is 1.87 bits per heavy atom. The molecule has 0 spiro atoms. The quantitative estimate of drug-likeness (QED) is 0.877. The van der Waals surface area contributed by atoms with Crippen molar-refractivity contribution in [3.8, 4) is 0 Å². The molecule has 5 heteroatoms. The lowest BCUT2D eigenvalue weighted by Crippen LogP contribution is -2.30. The smallest absolute Gasteiger partial charge is 0.237 e. The largest absolute Gasteiger partial charge is 0.325 e. The van der Waals surface area contributed by atoms with Gasteiger partial charge in [-0.05, 0) is 30.2 Å². The van der Waals surface area contributed by atoms with Crippen molar-refractivity contribution in [2.45, 2.75) is 18.2 Å². The Labute approximate surface area is 139 Å². The predicted molar refractivity (Wildman–Crippen MR) is 94.0 cm³/mol. The summed E-state index contributed by atoms with van der Waals surface area (Å²) in [5.41, 5.74) is 3.00. The molecule has 0 fully saturated rings. The van der Waals surface area contributed by atoms with E-state index in [0.29, 0.717) is 5.75 Å². The van der Waals surface area contributed by atoms with Crippen LogP contribution in [0.4, 0.5) is 11.4 Å². The summed E-state index contributed by atoms with van der Waals surface area (Å²) >= 11 is 1.45. The lowest BCUT2D eigenvalue weighted by atomic mass is 10.2. The third-order valence-electron chi connectivity index (χ3n) is 3.74. The van der Waals surface area contributed by atoms with Gasteiger partial charge in [0.2, 0.25) is 11.8 Å². The lowest BCUT2D eigenvalue weighted by molar-refractivity contribution is -0.116. The zero-order chi connectivity index (χ0) is 16.2. The maximum Gasteiger partial charge on any atom is 0.237 e. The van der Waals surface area contributed by atoms with Crippen molar-refractivity contribution in [1.82, 2.24) is 0 Å². The number of amides is 2. The highest BCUT2D eigenvalue weighted by atomic mass is 32.2. The second-order valence-electron chi connectivity index (χ2n) is 5.39. The summed E-state index contributed by atoms with van der Waals surface area (Å²) in [4.78, 5) is 26.5. The van der Waals surface area contributed by atoms with Crippen LogP contribution in [0.1, 0.15) is 12.5 Å². The van der Waals surface area contributed by atoms with Gasteiger partial charge in [-0.1, -0.05) is 30.3 Å². The van der Waals surface area contributed by atoms with Crippen molar-refractivity contribution in [2.75, 3.05) is 22.5 Å². The Balaban J connectivity index is 1.68. The van der Waals surface area contributed by atoms with Gasteiger partial charge in [0.15, 0.2) is 0 Å². The van der Waals surface area contributed by atoms with Crippen molar-refractivity contribution in [1.29, 1.82) is 0 Å². The van der Waals surface area contributed by atoms with Gasteiger partial charge in [0.25, 0.3) is 0 Å². The summed E-state index contributed by atoms with van der Waals surface area (Å²) in [6, 6.07) is 15.6. The Morgan fingerprint density at radius 3 is 2.70 bits per heavy atom. The molecule has 4 nitrogen and oxygen atoms in total. The van der Waals surface area contributed by atoms with E-state index in [1.807, 2.05) is 47.4 Å². The van der Waals surface area contributed by atoms with Crippen LogP contribution in [0.2, 0.25) is 0 Å². The molecule has 0 saturated carbocycles. The monoisotopic (exact) mass is 326 g/mol. The highest BCUT2D eigenvalue weighted by Crippen LogP contribution is 2.31. The Morgan fingerprint density at radius 1 is 1.13 bits per heavy atom. The molecular weight excluding hydrogens is 308 g/mol. The number of fused-ring (bicyclic) bond motifs is 1. The van der Waals surface area contributed by atoms with E-state index in [1.54, 1.807) is 0 Å². The number of para-hydroxylation sites is 2. The summed E-state index contributed by atoms with van der Waals surface area (Å²) in [5, 5.41) is 2.80. The third kappa shape index (κ3) is 3.56. The molecule has 0 aliphatic carbocycles. The Hall–Kier alpha value is -2.27. The summed E-state index contributed by atoms with van der Waals surface area (Å²) in [6.07, 6.45) is 0.912. The number of carbonyl (C=O) groups is 2. The molecule has 2 aromatic rings. The second kappa shape index (κ2) is 6.87. The van der Waals surface area contributed by atoms with Crippen LogP contribution in [-0.2, 0) is 16.0 Å². The van der Waals surface area contributed by atoms with E-state index >= 15 is 0 Å². The van der Waals surface area contributed by atoms with Gasteiger partial charge < -0.3 is 10.2 Å². The fraction of sp³-hybridized carbons (Fsp3) is 0.222. The normalized spacial score (nSPS) is 12.8. The van der Waals surface area contributed by atoms with Crippen LogP contribution in [0.25, 0.3) is 0 Å². The molecular formula is C18H18N2O2S. The van der Waals surface area contributed by atoms with Crippen LogP contribution >= 0.6 is 11.8 Å². The third-order valence-corrected chi connectivity index (χ3v) is 4.80. The van der Waals surface area contributed by atoms with Crippen molar-refractivity contribution >= 4 is 35.0 Å². The number of carbonyl (C=O) groups excluding carboxylic acids is 2. The Bertz CT molecular complexity index is 745. The number of anilines is 2. The number of thioether (sulfide) groups is 1. The standard InChI is InChI=1S/C18H18N2O2S/c1-13(21)19-15-7-3-5-9-17(15)23-12-18(22)20-11-10-14-6-2-4-8-16(14)20/h2-9H,10-12H2,1H3,(H,19,21). The van der Waals surface area contributed by atoms with E-state index in [4.69, 9.17) is 0 Å². The molecule has 1 aliphatic heterocycles. The molecule has 118 valence electrons.